The smallest absolute Gasteiger partial charge is 0.243 e. The SMILES string of the molecule is N#Cc1cc(F)cc(S(=O)(=O)N2C[C@H]3CN(C4CCOCC4)C[C@H]3C2)c1. The third-order valence-corrected chi connectivity index (χ3v) is 7.64. The largest absolute Gasteiger partial charge is 0.381 e. The molecule has 0 N–H and O–H groups in total. The number of rotatable bonds is 3. The van der Waals surface area contributed by atoms with Gasteiger partial charge in [0.2, 0.25) is 10.0 Å². The molecule has 0 spiro atoms. The molecule has 140 valence electrons. The van der Waals surface area contributed by atoms with Gasteiger partial charge in [-0.2, -0.15) is 9.57 Å². The van der Waals surface area contributed by atoms with Crippen molar-refractivity contribution in [1.82, 2.24) is 9.21 Å². The number of fused-ring (bicyclic) bond motifs is 1. The Balaban J connectivity index is 1.47. The summed E-state index contributed by atoms with van der Waals surface area (Å²) in [4.78, 5) is 2.35. The highest BCUT2D eigenvalue weighted by atomic mass is 32.2. The molecule has 0 saturated carbocycles. The summed E-state index contributed by atoms with van der Waals surface area (Å²) in [7, 11) is -3.77. The lowest BCUT2D eigenvalue weighted by molar-refractivity contribution is 0.0393. The third-order valence-electron chi connectivity index (χ3n) is 5.83. The van der Waals surface area contributed by atoms with Crippen LogP contribution in [0.15, 0.2) is 23.1 Å². The second-order valence-corrected chi connectivity index (χ2v) is 9.36. The van der Waals surface area contributed by atoms with Crippen molar-refractivity contribution in [2.75, 3.05) is 39.4 Å². The van der Waals surface area contributed by atoms with Crippen molar-refractivity contribution in [3.63, 3.8) is 0 Å². The number of nitrogens with zero attached hydrogens (tertiary/aromatic N) is 3. The lowest BCUT2D eigenvalue weighted by Crippen LogP contribution is -2.40. The Morgan fingerprint density at radius 3 is 2.35 bits per heavy atom. The lowest BCUT2D eigenvalue weighted by atomic mass is 10.0. The molecule has 0 aromatic heterocycles. The molecule has 4 rings (SSSR count). The Labute approximate surface area is 153 Å². The predicted molar refractivity (Wildman–Crippen MR) is 92.3 cm³/mol. The van der Waals surface area contributed by atoms with Gasteiger partial charge in [0.25, 0.3) is 0 Å². The van der Waals surface area contributed by atoms with Gasteiger partial charge >= 0.3 is 0 Å². The molecular weight excluding hydrogens is 357 g/mol. The van der Waals surface area contributed by atoms with E-state index < -0.39 is 15.8 Å². The summed E-state index contributed by atoms with van der Waals surface area (Å²) in [5, 5.41) is 8.96. The molecule has 3 aliphatic heterocycles. The van der Waals surface area contributed by atoms with Crippen molar-refractivity contribution in [1.29, 1.82) is 5.26 Å². The quantitative estimate of drug-likeness (QED) is 0.794. The monoisotopic (exact) mass is 379 g/mol. The standard InChI is InChI=1S/C18H22FN3O3S/c19-16-5-13(8-20)6-18(7-16)26(23,24)22-11-14-9-21(10-15(14)12-22)17-1-3-25-4-2-17/h5-7,14-15,17H,1-4,9-12H2/t14-,15+. The van der Waals surface area contributed by atoms with Gasteiger partial charge in [-0.05, 0) is 42.9 Å². The molecule has 0 amide bonds. The van der Waals surface area contributed by atoms with Crippen LogP contribution in [0.2, 0.25) is 0 Å². The summed E-state index contributed by atoms with van der Waals surface area (Å²) in [6, 6.07) is 5.65. The molecule has 3 heterocycles. The zero-order chi connectivity index (χ0) is 18.3. The van der Waals surface area contributed by atoms with E-state index in [2.05, 4.69) is 4.90 Å². The number of ether oxygens (including phenoxy) is 1. The molecule has 8 heteroatoms. The first-order valence-electron chi connectivity index (χ1n) is 9.00. The number of likely N-dealkylation sites (tertiary alicyclic amines) is 1. The van der Waals surface area contributed by atoms with Crippen molar-refractivity contribution in [2.24, 2.45) is 11.8 Å². The first-order valence-corrected chi connectivity index (χ1v) is 10.4. The average molecular weight is 379 g/mol. The summed E-state index contributed by atoms with van der Waals surface area (Å²) >= 11 is 0. The van der Waals surface area contributed by atoms with Crippen molar-refractivity contribution in [3.05, 3.63) is 29.6 Å². The van der Waals surface area contributed by atoms with Gasteiger partial charge in [-0.3, -0.25) is 4.90 Å². The van der Waals surface area contributed by atoms with Crippen molar-refractivity contribution in [3.8, 4) is 6.07 Å². The van der Waals surface area contributed by atoms with Gasteiger partial charge in [0, 0.05) is 45.4 Å². The van der Waals surface area contributed by atoms with Gasteiger partial charge in [0.1, 0.15) is 5.82 Å². The molecule has 2 atom stereocenters. The Morgan fingerprint density at radius 2 is 1.73 bits per heavy atom. The van der Waals surface area contributed by atoms with Crippen LogP contribution >= 0.6 is 0 Å². The maximum Gasteiger partial charge on any atom is 0.243 e. The molecule has 0 bridgehead atoms. The fraction of sp³-hybridized carbons (Fsp3) is 0.611. The zero-order valence-corrected chi connectivity index (χ0v) is 15.3. The summed E-state index contributed by atoms with van der Waals surface area (Å²) in [5.41, 5.74) is 0.0219. The number of nitriles is 1. The van der Waals surface area contributed by atoms with E-state index >= 15 is 0 Å². The molecule has 1 aromatic rings. The van der Waals surface area contributed by atoms with E-state index in [0.717, 1.165) is 51.3 Å². The number of benzene rings is 1. The highest BCUT2D eigenvalue weighted by Crippen LogP contribution is 2.36. The summed E-state index contributed by atoms with van der Waals surface area (Å²) in [6.07, 6.45) is 2.09. The Hall–Kier alpha value is -1.53. The van der Waals surface area contributed by atoms with Crippen LogP contribution < -0.4 is 0 Å². The van der Waals surface area contributed by atoms with E-state index in [-0.39, 0.29) is 10.5 Å². The summed E-state index contributed by atoms with van der Waals surface area (Å²) in [6.45, 7) is 4.35. The van der Waals surface area contributed by atoms with Crippen LogP contribution in [0, 0.1) is 29.0 Å². The number of hydrogen-bond acceptors (Lipinski definition) is 5. The minimum absolute atomic E-state index is 0.0219. The molecule has 6 nitrogen and oxygen atoms in total. The van der Waals surface area contributed by atoms with E-state index in [4.69, 9.17) is 10.00 Å². The molecule has 3 saturated heterocycles. The molecule has 0 aliphatic carbocycles. The minimum atomic E-state index is -3.77. The fourth-order valence-corrected chi connectivity index (χ4v) is 6.07. The molecule has 0 unspecified atom stereocenters. The van der Waals surface area contributed by atoms with E-state index in [0.29, 0.717) is 31.0 Å². The minimum Gasteiger partial charge on any atom is -0.381 e. The van der Waals surface area contributed by atoms with Crippen LogP contribution in [0.4, 0.5) is 4.39 Å². The number of hydrogen-bond donors (Lipinski definition) is 0. The predicted octanol–water partition coefficient (Wildman–Crippen LogP) is 1.43. The van der Waals surface area contributed by atoms with Crippen molar-refractivity contribution in [2.45, 2.75) is 23.8 Å². The Kier molecular flexibility index (Phi) is 4.73. The lowest BCUT2D eigenvalue weighted by Gasteiger charge is -2.32. The van der Waals surface area contributed by atoms with E-state index in [1.54, 1.807) is 0 Å². The topological polar surface area (TPSA) is 73.6 Å². The Bertz CT molecular complexity index is 819. The van der Waals surface area contributed by atoms with Crippen LogP contribution in [0.5, 0.6) is 0 Å². The van der Waals surface area contributed by atoms with E-state index in [9.17, 15) is 12.8 Å². The van der Waals surface area contributed by atoms with Crippen molar-refractivity contribution < 1.29 is 17.5 Å². The maximum absolute atomic E-state index is 13.7. The molecule has 3 fully saturated rings. The first-order chi connectivity index (χ1) is 12.5. The number of sulfonamides is 1. The fourth-order valence-electron chi connectivity index (χ4n) is 4.46. The van der Waals surface area contributed by atoms with E-state index in [1.807, 2.05) is 6.07 Å². The van der Waals surface area contributed by atoms with Crippen LogP contribution in [-0.4, -0.2) is 63.1 Å². The highest BCUT2D eigenvalue weighted by Gasteiger charge is 2.45. The molecular formula is C18H22FN3O3S. The second kappa shape index (κ2) is 6.89. The molecule has 3 aliphatic rings. The van der Waals surface area contributed by atoms with Gasteiger partial charge < -0.3 is 4.74 Å². The van der Waals surface area contributed by atoms with E-state index in [1.165, 1.54) is 10.4 Å². The summed E-state index contributed by atoms with van der Waals surface area (Å²) in [5.74, 6) is -0.0686. The van der Waals surface area contributed by atoms with Crippen molar-refractivity contribution >= 4 is 10.0 Å². The van der Waals surface area contributed by atoms with Gasteiger partial charge in [-0.15, -0.1) is 0 Å². The molecule has 1 aromatic carbocycles. The van der Waals surface area contributed by atoms with Crippen LogP contribution in [0.1, 0.15) is 18.4 Å². The normalized spacial score (nSPS) is 28.2. The molecule has 0 radical (unpaired) electrons. The van der Waals surface area contributed by atoms with Crippen LogP contribution in [0.3, 0.4) is 0 Å². The first kappa shape index (κ1) is 17.9. The van der Waals surface area contributed by atoms with Gasteiger partial charge in [-0.1, -0.05) is 0 Å². The second-order valence-electron chi connectivity index (χ2n) is 7.43. The Morgan fingerprint density at radius 1 is 1.08 bits per heavy atom. The number of halogens is 1. The summed E-state index contributed by atoms with van der Waals surface area (Å²) < 4.78 is 46.3. The average Bonchev–Trinajstić information content (AvgIpc) is 3.21. The van der Waals surface area contributed by atoms with Crippen LogP contribution in [-0.2, 0) is 14.8 Å². The van der Waals surface area contributed by atoms with Crippen LogP contribution in [0.25, 0.3) is 0 Å². The highest BCUT2D eigenvalue weighted by molar-refractivity contribution is 7.89. The maximum atomic E-state index is 13.7. The molecule has 26 heavy (non-hydrogen) atoms. The van der Waals surface area contributed by atoms with Gasteiger partial charge in [-0.25, -0.2) is 12.8 Å². The third kappa shape index (κ3) is 3.25. The zero-order valence-electron chi connectivity index (χ0n) is 14.5. The van der Waals surface area contributed by atoms with Gasteiger partial charge in [0.15, 0.2) is 0 Å². The van der Waals surface area contributed by atoms with Gasteiger partial charge in [0.05, 0.1) is 16.5 Å².